The molecule has 0 amide bonds. The van der Waals surface area contributed by atoms with Crippen LogP contribution in [0.25, 0.3) is 0 Å². The highest BCUT2D eigenvalue weighted by Crippen LogP contribution is 2.30. The van der Waals surface area contributed by atoms with E-state index in [0.29, 0.717) is 22.9 Å². The van der Waals surface area contributed by atoms with Crippen molar-refractivity contribution >= 4 is 39.1 Å². The van der Waals surface area contributed by atoms with Gasteiger partial charge in [0.25, 0.3) is 10.0 Å². The van der Waals surface area contributed by atoms with Gasteiger partial charge in [-0.3, -0.25) is 4.79 Å². The van der Waals surface area contributed by atoms with E-state index >= 15 is 0 Å². The zero-order valence-electron chi connectivity index (χ0n) is 10.4. The Kier molecular flexibility index (Phi) is 4.70. The van der Waals surface area contributed by atoms with Crippen LogP contribution in [0.4, 0.5) is 0 Å². The van der Waals surface area contributed by atoms with Gasteiger partial charge in [-0.25, -0.2) is 8.42 Å². The fourth-order valence-corrected chi connectivity index (χ4v) is 6.08. The summed E-state index contributed by atoms with van der Waals surface area (Å²) in [7, 11) is -3.72. The molecule has 0 radical (unpaired) electrons. The van der Waals surface area contributed by atoms with Gasteiger partial charge < -0.3 is 5.11 Å². The average Bonchev–Trinajstić information content (AvgIpc) is 2.88. The highest BCUT2D eigenvalue weighted by atomic mass is 32.2. The minimum Gasteiger partial charge on any atom is -0.481 e. The minimum atomic E-state index is -3.72. The second-order valence-electron chi connectivity index (χ2n) is 4.17. The summed E-state index contributed by atoms with van der Waals surface area (Å²) in [5, 5.41) is 17.7. The van der Waals surface area contributed by atoms with Crippen LogP contribution in [-0.4, -0.2) is 47.9 Å². The smallest absolute Gasteiger partial charge is 0.305 e. The molecule has 1 atom stereocenters. The molecule has 9 heteroatoms. The van der Waals surface area contributed by atoms with Gasteiger partial charge in [-0.05, 0) is 12.1 Å². The van der Waals surface area contributed by atoms with E-state index < -0.39 is 22.0 Å². The average molecular weight is 332 g/mol. The van der Waals surface area contributed by atoms with E-state index in [1.807, 2.05) is 6.07 Å². The number of carboxylic acid groups (broad SMARTS) is 1. The predicted octanol–water partition coefficient (Wildman–Crippen LogP) is 1.20. The standard InChI is InChI=1S/C11H12N2O4S3/c12-6-9-1-2-11(19-9)20(16,17)13-3-4-18-7-8(13)5-10(14)15/h1-2,8H,3-5,7H2,(H,14,15). The second-order valence-corrected chi connectivity index (χ2v) is 8.52. The lowest BCUT2D eigenvalue weighted by Gasteiger charge is -2.33. The summed E-state index contributed by atoms with van der Waals surface area (Å²) >= 11 is 2.46. The van der Waals surface area contributed by atoms with Crippen molar-refractivity contribution in [3.8, 4) is 6.07 Å². The van der Waals surface area contributed by atoms with Crippen LogP contribution < -0.4 is 0 Å². The number of carbonyl (C=O) groups is 1. The number of nitriles is 1. The fraction of sp³-hybridized carbons (Fsp3) is 0.455. The quantitative estimate of drug-likeness (QED) is 0.889. The second kappa shape index (κ2) is 6.13. The third-order valence-electron chi connectivity index (χ3n) is 2.84. The van der Waals surface area contributed by atoms with Crippen molar-refractivity contribution in [1.82, 2.24) is 4.31 Å². The zero-order chi connectivity index (χ0) is 14.8. The Hall–Kier alpha value is -1.08. The van der Waals surface area contributed by atoms with Gasteiger partial charge in [0.2, 0.25) is 0 Å². The van der Waals surface area contributed by atoms with Gasteiger partial charge in [-0.2, -0.15) is 21.3 Å². The van der Waals surface area contributed by atoms with Crippen molar-refractivity contribution < 1.29 is 18.3 Å². The molecular weight excluding hydrogens is 320 g/mol. The van der Waals surface area contributed by atoms with Gasteiger partial charge >= 0.3 is 5.97 Å². The Labute approximate surface area is 125 Å². The van der Waals surface area contributed by atoms with E-state index in [1.165, 1.54) is 16.4 Å². The number of carboxylic acids is 1. The number of thiophene rings is 1. The summed E-state index contributed by atoms with van der Waals surface area (Å²) < 4.78 is 26.4. The summed E-state index contributed by atoms with van der Waals surface area (Å²) in [5.74, 6) is 0.106. The molecule has 108 valence electrons. The minimum absolute atomic E-state index is 0.0938. The van der Waals surface area contributed by atoms with Gasteiger partial charge in [-0.15, -0.1) is 11.3 Å². The molecule has 2 heterocycles. The lowest BCUT2D eigenvalue weighted by molar-refractivity contribution is -0.137. The van der Waals surface area contributed by atoms with Gasteiger partial charge in [0, 0.05) is 24.1 Å². The largest absolute Gasteiger partial charge is 0.481 e. The molecular formula is C11H12N2O4S3. The number of hydrogen-bond acceptors (Lipinski definition) is 6. The first-order chi connectivity index (χ1) is 9.45. The third kappa shape index (κ3) is 3.15. The molecule has 0 aliphatic carbocycles. The summed E-state index contributed by atoms with van der Waals surface area (Å²) in [6.07, 6.45) is -0.206. The van der Waals surface area contributed by atoms with Gasteiger partial charge in [-0.1, -0.05) is 0 Å². The lowest BCUT2D eigenvalue weighted by atomic mass is 10.2. The Morgan fingerprint density at radius 3 is 2.90 bits per heavy atom. The molecule has 1 fully saturated rings. The Morgan fingerprint density at radius 2 is 2.30 bits per heavy atom. The molecule has 1 N–H and O–H groups in total. The Bertz CT molecular complexity index is 647. The summed E-state index contributed by atoms with van der Waals surface area (Å²) in [4.78, 5) is 11.2. The summed E-state index contributed by atoms with van der Waals surface area (Å²) in [6, 6.07) is 4.23. The highest BCUT2D eigenvalue weighted by Gasteiger charge is 2.35. The van der Waals surface area contributed by atoms with E-state index in [9.17, 15) is 13.2 Å². The maximum Gasteiger partial charge on any atom is 0.305 e. The van der Waals surface area contributed by atoms with Gasteiger partial charge in [0.15, 0.2) is 0 Å². The first kappa shape index (κ1) is 15.3. The van der Waals surface area contributed by atoms with E-state index in [0.717, 1.165) is 11.3 Å². The molecule has 1 unspecified atom stereocenters. The normalized spacial score (nSPS) is 20.4. The van der Waals surface area contributed by atoms with E-state index in [2.05, 4.69) is 0 Å². The maximum atomic E-state index is 12.5. The number of rotatable bonds is 4. The molecule has 1 saturated heterocycles. The number of aliphatic carboxylic acids is 1. The van der Waals surface area contributed by atoms with Crippen molar-refractivity contribution in [2.24, 2.45) is 0 Å². The van der Waals surface area contributed by atoms with E-state index in [1.54, 1.807) is 11.8 Å². The summed E-state index contributed by atoms with van der Waals surface area (Å²) in [5.41, 5.74) is 0. The van der Waals surface area contributed by atoms with Crippen LogP contribution in [0.5, 0.6) is 0 Å². The van der Waals surface area contributed by atoms with Crippen LogP contribution in [0.2, 0.25) is 0 Å². The molecule has 0 saturated carbocycles. The summed E-state index contributed by atoms with van der Waals surface area (Å²) in [6.45, 7) is 0.296. The third-order valence-corrected chi connectivity index (χ3v) is 7.34. The number of thioether (sulfide) groups is 1. The molecule has 1 aromatic rings. The SMILES string of the molecule is N#Cc1ccc(S(=O)(=O)N2CCSCC2CC(=O)O)s1. The molecule has 1 aliphatic rings. The van der Waals surface area contributed by atoms with Gasteiger partial charge in [0.1, 0.15) is 15.2 Å². The highest BCUT2D eigenvalue weighted by molar-refractivity contribution is 7.99. The van der Waals surface area contributed by atoms with Crippen molar-refractivity contribution in [3.05, 3.63) is 17.0 Å². The number of sulfonamides is 1. The van der Waals surface area contributed by atoms with Crippen LogP contribution in [0.3, 0.4) is 0 Å². The Morgan fingerprint density at radius 1 is 1.55 bits per heavy atom. The lowest BCUT2D eigenvalue weighted by Crippen LogP contribution is -2.46. The molecule has 1 aromatic heterocycles. The van der Waals surface area contributed by atoms with Crippen LogP contribution in [0.15, 0.2) is 16.3 Å². The Balaban J connectivity index is 2.30. The van der Waals surface area contributed by atoms with Crippen molar-refractivity contribution in [3.63, 3.8) is 0 Å². The molecule has 2 rings (SSSR count). The molecule has 1 aliphatic heterocycles. The molecule has 0 aromatic carbocycles. The first-order valence-corrected chi connectivity index (χ1v) is 9.17. The number of hydrogen-bond donors (Lipinski definition) is 1. The number of nitrogens with zero attached hydrogens (tertiary/aromatic N) is 2. The van der Waals surface area contributed by atoms with Crippen LogP contribution in [0.1, 0.15) is 11.3 Å². The van der Waals surface area contributed by atoms with Crippen LogP contribution >= 0.6 is 23.1 Å². The molecule has 20 heavy (non-hydrogen) atoms. The van der Waals surface area contributed by atoms with E-state index in [4.69, 9.17) is 10.4 Å². The van der Waals surface area contributed by atoms with Gasteiger partial charge in [0.05, 0.1) is 6.42 Å². The van der Waals surface area contributed by atoms with Crippen molar-refractivity contribution in [2.45, 2.75) is 16.7 Å². The molecule has 0 bridgehead atoms. The fourth-order valence-electron chi connectivity index (χ4n) is 1.95. The van der Waals surface area contributed by atoms with Crippen LogP contribution in [-0.2, 0) is 14.8 Å². The monoisotopic (exact) mass is 332 g/mol. The topological polar surface area (TPSA) is 98.5 Å². The predicted molar refractivity (Wildman–Crippen MR) is 76.3 cm³/mol. The zero-order valence-corrected chi connectivity index (χ0v) is 12.8. The molecule has 6 nitrogen and oxygen atoms in total. The van der Waals surface area contributed by atoms with Crippen molar-refractivity contribution in [2.75, 3.05) is 18.1 Å². The molecule has 0 spiro atoms. The van der Waals surface area contributed by atoms with Crippen LogP contribution in [0, 0.1) is 11.3 Å². The first-order valence-electron chi connectivity index (χ1n) is 5.76. The van der Waals surface area contributed by atoms with Crippen molar-refractivity contribution in [1.29, 1.82) is 5.26 Å². The maximum absolute atomic E-state index is 12.5. The van der Waals surface area contributed by atoms with E-state index in [-0.39, 0.29) is 10.6 Å².